The van der Waals surface area contributed by atoms with Crippen LogP contribution >= 0.6 is 63.7 Å². The zero-order valence-electron chi connectivity index (χ0n) is 97.0. The lowest BCUT2D eigenvalue weighted by molar-refractivity contribution is 0.637. The van der Waals surface area contributed by atoms with Gasteiger partial charge in [-0.05, 0) is 513 Å². The quantitative estimate of drug-likeness (QED) is 0.128. The minimum absolute atomic E-state index is 0.0342. The first-order chi connectivity index (χ1) is 69.5. The van der Waals surface area contributed by atoms with Crippen molar-refractivity contribution in [1.29, 1.82) is 0 Å². The minimum atomic E-state index is 0.0342. The standard InChI is InChI=1S/C21H28.C18H18Br4.C18H22.C17H20.C16H18.C15H16.C14H14.C9H12.2C8H10/c1-13-9-19(10-14(2)17(13)5)21(7,8)20-11-15(3)18(6)16(4)12-20;1-7-9(3)15(19)13(16(20)10(7)4)14-17(21)11(5)8(2)12(6)18(14)22;1-11-7-17(8-12(2)15(11)5)18-9-13(3)16(6)14(4)10-18;1-13-5-9-15(10-6-13)17(3,4)16-11-7-14(2)8-12-16;1-11-5-7-15(9-13(11)3)16-8-6-12(2)14(4)10-16;1-12-3-7-14(8-4-12)11-15-9-5-13(2)6-10-15;1-11-3-7-13(8-4-11)14-9-5-12(2)6-10-14;1-7-4-5-8(2)9(3)6-7;1-7-3-5-8(2)6-4-7;1-7-4-3-5-8(2)6-7/h9-12H,1-8H3;1-6H3;7-10H,1-6H3;5-12H,1-4H3;5-10H,1-4H3;3-10H,11H2,1-2H3;3-10H,1-2H3;4-6H,1-3H3;2*3-6H,1-2H3. The maximum Gasteiger partial charge on any atom is 0.0297 e. The zero-order valence-corrected chi connectivity index (χ0v) is 103. The third-order valence-electron chi connectivity index (χ3n) is 30.2. The van der Waals surface area contributed by atoms with Gasteiger partial charge >= 0.3 is 0 Å². The van der Waals surface area contributed by atoms with E-state index in [-0.39, 0.29) is 10.8 Å². The predicted octanol–water partition coefficient (Wildman–Crippen LogP) is 43.6. The van der Waals surface area contributed by atoms with Crippen molar-refractivity contribution in [2.75, 3.05) is 0 Å². The Morgan fingerprint density at radius 1 is 0.149 bits per heavy atom. The highest BCUT2D eigenvalue weighted by Gasteiger charge is 2.28. The van der Waals surface area contributed by atoms with E-state index in [1.807, 2.05) is 0 Å². The highest BCUT2D eigenvalue weighted by atomic mass is 79.9. The van der Waals surface area contributed by atoms with Gasteiger partial charge in [0.1, 0.15) is 0 Å². The van der Waals surface area contributed by atoms with Crippen molar-refractivity contribution in [3.63, 3.8) is 0 Å². The van der Waals surface area contributed by atoms with Gasteiger partial charge in [0, 0.05) is 39.8 Å². The molecule has 0 saturated carbocycles. The Kier molecular flexibility index (Phi) is 46.1. The second kappa shape index (κ2) is 56.0. The summed E-state index contributed by atoms with van der Waals surface area (Å²) < 4.78 is 4.58. The Morgan fingerprint density at radius 3 is 0.581 bits per heavy atom. The number of hydrogen-bond acceptors (Lipinski definition) is 0. The van der Waals surface area contributed by atoms with Crippen LogP contribution in [0.15, 0.2) is 315 Å². The van der Waals surface area contributed by atoms with E-state index in [2.05, 4.69) is 631 Å². The van der Waals surface area contributed by atoms with E-state index in [9.17, 15) is 0 Å². The van der Waals surface area contributed by atoms with Gasteiger partial charge in [-0.1, -0.05) is 386 Å². The normalized spacial score (nSPS) is 10.7. The summed E-state index contributed by atoms with van der Waals surface area (Å²) in [6.45, 7) is 84.8. The molecule has 0 atom stereocenters. The Hall–Kier alpha value is -11.3. The fourth-order valence-electron chi connectivity index (χ4n) is 17.4. The van der Waals surface area contributed by atoms with Crippen LogP contribution in [-0.2, 0) is 17.3 Å². The number of aryl methyl sites for hydroxylation is 25. The molecule has 4 heteroatoms. The van der Waals surface area contributed by atoms with Crippen molar-refractivity contribution in [2.24, 2.45) is 0 Å². The summed E-state index contributed by atoms with van der Waals surface area (Å²) in [5, 5.41) is 0. The summed E-state index contributed by atoms with van der Waals surface area (Å²) in [5.41, 5.74) is 65.9. The van der Waals surface area contributed by atoms with E-state index in [0.29, 0.717) is 0 Å². The third-order valence-corrected chi connectivity index (χ3v) is 34.2. The Morgan fingerprint density at radius 2 is 0.345 bits per heavy atom. The first kappa shape index (κ1) is 122. The summed E-state index contributed by atoms with van der Waals surface area (Å²) >= 11 is 15.3. The van der Waals surface area contributed by atoms with Crippen LogP contribution < -0.4 is 0 Å². The molecule has 17 aromatic carbocycles. The van der Waals surface area contributed by atoms with Crippen LogP contribution in [0.25, 0.3) is 44.5 Å². The molecular formula is C144H168Br4. The Balaban J connectivity index is 0.000000203. The molecule has 0 amide bonds. The molecule has 0 aliphatic carbocycles. The molecule has 148 heavy (non-hydrogen) atoms. The molecule has 0 aliphatic rings. The topological polar surface area (TPSA) is 0 Å². The smallest absolute Gasteiger partial charge is 0.0297 e. The van der Waals surface area contributed by atoms with Crippen molar-refractivity contribution >= 4 is 63.7 Å². The molecule has 0 saturated heterocycles. The highest BCUT2D eigenvalue weighted by Crippen LogP contribution is 2.50. The molecule has 0 aliphatic heterocycles. The van der Waals surface area contributed by atoms with Crippen molar-refractivity contribution in [1.82, 2.24) is 0 Å². The van der Waals surface area contributed by atoms with Gasteiger partial charge in [-0.3, -0.25) is 0 Å². The summed E-state index contributed by atoms with van der Waals surface area (Å²) in [6, 6.07) is 108. The van der Waals surface area contributed by atoms with E-state index in [0.717, 1.165) is 24.3 Å². The number of halogens is 4. The first-order valence-corrected chi connectivity index (χ1v) is 55.5. The van der Waals surface area contributed by atoms with E-state index in [4.69, 9.17) is 0 Å². The Labute approximate surface area is 930 Å². The fraction of sp³-hybridized carbons (Fsp3) is 0.292. The number of hydrogen-bond donors (Lipinski definition) is 0. The molecule has 0 N–H and O–H groups in total. The maximum absolute atomic E-state index is 3.82. The predicted molar refractivity (Wildman–Crippen MR) is 669 cm³/mol. The molecule has 0 fully saturated rings. The minimum Gasteiger partial charge on any atom is -0.0617 e. The molecule has 0 aromatic heterocycles. The summed E-state index contributed by atoms with van der Waals surface area (Å²) in [5.74, 6) is 0. The second-order valence-corrected chi connectivity index (χ2v) is 46.2. The van der Waals surface area contributed by atoms with E-state index >= 15 is 0 Å². The van der Waals surface area contributed by atoms with Crippen LogP contribution in [-0.4, -0.2) is 0 Å². The van der Waals surface area contributed by atoms with Crippen molar-refractivity contribution < 1.29 is 0 Å². The molecule has 772 valence electrons. The second-order valence-electron chi connectivity index (χ2n) is 43.1. The van der Waals surface area contributed by atoms with Gasteiger partial charge in [0.2, 0.25) is 0 Å². The van der Waals surface area contributed by atoms with Crippen molar-refractivity contribution in [2.45, 2.75) is 287 Å². The molecule has 0 unspecified atom stereocenters. The monoisotopic (exact) mass is 2210 g/mol. The van der Waals surface area contributed by atoms with Gasteiger partial charge < -0.3 is 0 Å². The summed E-state index contributed by atoms with van der Waals surface area (Å²) in [4.78, 5) is 0. The molecule has 0 heterocycles. The van der Waals surface area contributed by atoms with Gasteiger partial charge in [0.25, 0.3) is 0 Å². The maximum atomic E-state index is 3.82. The largest absolute Gasteiger partial charge is 0.0617 e. The van der Waals surface area contributed by atoms with Crippen molar-refractivity contribution in [3.8, 4) is 44.5 Å². The molecule has 17 aromatic rings. The molecule has 0 bridgehead atoms. The SMILES string of the molecule is Cc1c(C)c(Br)c(-c2c(Br)c(C)c(C)c(C)c2Br)c(Br)c1C.Cc1cc(-c2cc(C)c(C)c(C)c2)cc(C)c1C.Cc1cc(C(C)(C)c2cc(C)c(C)c(C)c2)cc(C)c1C.Cc1ccc(-c2ccc(C)c(C)c2)cc1C.Cc1ccc(-c2ccc(C)cc2)cc1.Cc1ccc(C(C)(C)c2ccc(C)cc2)cc1.Cc1ccc(C)c(C)c1.Cc1ccc(C)cc1.Cc1ccc(Cc2ccc(C)cc2)cc1.Cc1cccc(C)c1. The Bertz CT molecular complexity index is 6760. The lowest BCUT2D eigenvalue weighted by atomic mass is 9.75. The van der Waals surface area contributed by atoms with E-state index < -0.39 is 0 Å². The van der Waals surface area contributed by atoms with Crippen LogP contribution in [0.4, 0.5) is 0 Å². The molecular weight excluding hydrogens is 2050 g/mol. The summed E-state index contributed by atoms with van der Waals surface area (Å²) in [6.07, 6.45) is 1.03. The van der Waals surface area contributed by atoms with Gasteiger partial charge in [-0.25, -0.2) is 0 Å². The lowest BCUT2D eigenvalue weighted by Gasteiger charge is -2.29. The molecule has 0 nitrogen and oxygen atoms in total. The number of benzene rings is 17. The van der Waals surface area contributed by atoms with Crippen LogP contribution in [0.2, 0.25) is 0 Å². The van der Waals surface area contributed by atoms with Gasteiger partial charge in [-0.15, -0.1) is 0 Å². The molecule has 17 rings (SSSR count). The molecule has 0 spiro atoms. The molecule has 0 radical (unpaired) electrons. The van der Waals surface area contributed by atoms with Gasteiger partial charge in [0.05, 0.1) is 0 Å². The van der Waals surface area contributed by atoms with Crippen LogP contribution in [0, 0.1) is 242 Å². The average molecular weight is 2220 g/mol. The number of rotatable bonds is 10. The summed E-state index contributed by atoms with van der Waals surface area (Å²) in [7, 11) is 0. The average Bonchev–Trinajstić information content (AvgIpc) is 0.744. The lowest BCUT2D eigenvalue weighted by Crippen LogP contribution is -2.20. The van der Waals surface area contributed by atoms with Crippen LogP contribution in [0.3, 0.4) is 0 Å². The van der Waals surface area contributed by atoms with Crippen LogP contribution in [0.1, 0.15) is 256 Å². The fourth-order valence-corrected chi connectivity index (χ4v) is 20.7. The van der Waals surface area contributed by atoms with Gasteiger partial charge in [-0.2, -0.15) is 0 Å². The van der Waals surface area contributed by atoms with Crippen molar-refractivity contribution in [3.05, 3.63) is 543 Å². The van der Waals surface area contributed by atoms with Crippen LogP contribution in [0.5, 0.6) is 0 Å². The first-order valence-electron chi connectivity index (χ1n) is 52.4. The van der Waals surface area contributed by atoms with E-state index in [1.54, 1.807) is 0 Å². The van der Waals surface area contributed by atoms with E-state index in [1.165, 1.54) is 273 Å². The third kappa shape index (κ3) is 34.6. The van der Waals surface area contributed by atoms with Gasteiger partial charge in [0.15, 0.2) is 0 Å². The zero-order chi connectivity index (χ0) is 110. The highest BCUT2D eigenvalue weighted by molar-refractivity contribution is 9.11.